The number of aromatic nitrogens is 7. The Kier molecular flexibility index (Phi) is 3.79. The summed E-state index contributed by atoms with van der Waals surface area (Å²) in [5.41, 5.74) is 3.30. The van der Waals surface area contributed by atoms with Crippen LogP contribution in [0.4, 0.5) is 0 Å². The van der Waals surface area contributed by atoms with Gasteiger partial charge in [0.1, 0.15) is 23.3 Å². The molecule has 28 heavy (non-hydrogen) atoms. The molecule has 0 spiro atoms. The summed E-state index contributed by atoms with van der Waals surface area (Å²) < 4.78 is 4.03. The van der Waals surface area contributed by atoms with Crippen LogP contribution in [-0.4, -0.2) is 34.3 Å². The van der Waals surface area contributed by atoms with Gasteiger partial charge in [-0.25, -0.2) is 19.9 Å². The van der Waals surface area contributed by atoms with Gasteiger partial charge in [-0.15, -0.1) is 5.10 Å². The lowest BCUT2D eigenvalue weighted by Gasteiger charge is -2.08. The molecule has 1 unspecified atom stereocenters. The Balaban J connectivity index is 1.52. The molecule has 5 rings (SSSR count). The highest BCUT2D eigenvalue weighted by Crippen LogP contribution is 2.54. The van der Waals surface area contributed by atoms with Crippen LogP contribution in [0.15, 0.2) is 30.3 Å². The lowest BCUT2D eigenvalue weighted by molar-refractivity contribution is 0.758. The lowest BCUT2D eigenvalue weighted by Crippen LogP contribution is -2.08. The number of imidazole rings is 1. The highest BCUT2D eigenvalue weighted by molar-refractivity contribution is 5.76. The molecular weight excluding hydrogens is 350 g/mol. The van der Waals surface area contributed by atoms with E-state index in [9.17, 15) is 0 Å². The molecule has 0 aliphatic heterocycles. The molecule has 1 aliphatic carbocycles. The average molecular weight is 373 g/mol. The van der Waals surface area contributed by atoms with E-state index < -0.39 is 0 Å². The quantitative estimate of drug-likeness (QED) is 0.548. The molecule has 1 fully saturated rings. The fourth-order valence-electron chi connectivity index (χ4n) is 4.00. The summed E-state index contributed by atoms with van der Waals surface area (Å²) in [6.07, 6.45) is 1.85. The number of fused-ring (bicyclic) bond motifs is 1. The molecule has 7 heteroatoms. The third kappa shape index (κ3) is 2.69. The second-order valence-corrected chi connectivity index (χ2v) is 7.51. The molecule has 0 bridgehead atoms. The highest BCUT2D eigenvalue weighted by Gasteiger charge is 2.44. The molecule has 4 aromatic rings. The zero-order valence-corrected chi connectivity index (χ0v) is 16.6. The molecule has 2 atom stereocenters. The van der Waals surface area contributed by atoms with Crippen molar-refractivity contribution in [2.45, 2.75) is 45.4 Å². The summed E-state index contributed by atoms with van der Waals surface area (Å²) in [5, 5.41) is 4.50. The van der Waals surface area contributed by atoms with E-state index in [4.69, 9.17) is 9.97 Å². The Morgan fingerprint density at radius 2 is 1.86 bits per heavy atom. The summed E-state index contributed by atoms with van der Waals surface area (Å²) in [6.45, 7) is 5.93. The van der Waals surface area contributed by atoms with Gasteiger partial charge in [0.15, 0.2) is 5.82 Å². The molecule has 0 N–H and O–H groups in total. The van der Waals surface area contributed by atoms with E-state index in [1.54, 1.807) is 0 Å². The minimum atomic E-state index is 0.368. The van der Waals surface area contributed by atoms with E-state index in [1.807, 2.05) is 24.6 Å². The van der Waals surface area contributed by atoms with Gasteiger partial charge in [-0.2, -0.15) is 4.68 Å². The first-order valence-corrected chi connectivity index (χ1v) is 9.75. The molecule has 7 nitrogen and oxygen atoms in total. The van der Waals surface area contributed by atoms with Crippen molar-refractivity contribution in [1.29, 1.82) is 0 Å². The van der Waals surface area contributed by atoms with E-state index in [0.29, 0.717) is 11.8 Å². The van der Waals surface area contributed by atoms with Crippen LogP contribution in [-0.2, 0) is 13.5 Å². The maximum Gasteiger partial charge on any atom is 0.159 e. The summed E-state index contributed by atoms with van der Waals surface area (Å²) in [6, 6.07) is 10.4. The number of aryl methyl sites for hydroxylation is 4. The second-order valence-electron chi connectivity index (χ2n) is 7.51. The summed E-state index contributed by atoms with van der Waals surface area (Å²) in [7, 11) is 2.10. The molecule has 0 saturated heterocycles. The first-order chi connectivity index (χ1) is 13.5. The van der Waals surface area contributed by atoms with Crippen LogP contribution >= 0.6 is 0 Å². The fraction of sp³-hybridized carbons (Fsp3) is 0.381. The van der Waals surface area contributed by atoms with Crippen LogP contribution in [0.5, 0.6) is 0 Å². The summed E-state index contributed by atoms with van der Waals surface area (Å²) in [4.78, 5) is 18.8. The van der Waals surface area contributed by atoms with Crippen LogP contribution in [0, 0.1) is 13.8 Å². The van der Waals surface area contributed by atoms with Crippen LogP contribution < -0.4 is 0 Å². The highest BCUT2D eigenvalue weighted by atomic mass is 15.4. The van der Waals surface area contributed by atoms with E-state index in [-0.39, 0.29) is 0 Å². The van der Waals surface area contributed by atoms with E-state index >= 15 is 0 Å². The lowest BCUT2D eigenvalue weighted by atomic mass is 10.2. The van der Waals surface area contributed by atoms with Gasteiger partial charge in [0.25, 0.3) is 0 Å². The van der Waals surface area contributed by atoms with Crippen molar-refractivity contribution in [2.24, 2.45) is 7.05 Å². The first kappa shape index (κ1) is 17.0. The standard InChI is InChI=1S/C21H23N7/c1-5-19-23-17(11-20(25-19)28-13(3)22-12(2)26-28)14-10-15(14)21-24-16-8-6-7-9-18(16)27(21)4/h6-9,11,14-15H,5,10H2,1-4H3/t14?,15-/m0/s1. The van der Waals surface area contributed by atoms with Crippen molar-refractivity contribution in [3.63, 3.8) is 0 Å². The maximum atomic E-state index is 4.88. The predicted molar refractivity (Wildman–Crippen MR) is 107 cm³/mol. The van der Waals surface area contributed by atoms with Gasteiger partial charge in [0.2, 0.25) is 0 Å². The number of hydrogen-bond acceptors (Lipinski definition) is 5. The number of rotatable bonds is 4. The van der Waals surface area contributed by atoms with Crippen molar-refractivity contribution in [1.82, 2.24) is 34.3 Å². The molecule has 0 amide bonds. The number of benzene rings is 1. The molecule has 142 valence electrons. The fourth-order valence-corrected chi connectivity index (χ4v) is 4.00. The zero-order valence-electron chi connectivity index (χ0n) is 16.6. The van der Waals surface area contributed by atoms with Gasteiger partial charge in [-0.3, -0.25) is 0 Å². The molecule has 3 aromatic heterocycles. The van der Waals surface area contributed by atoms with E-state index in [1.165, 1.54) is 5.52 Å². The minimum Gasteiger partial charge on any atom is -0.331 e. The molecule has 1 saturated carbocycles. The van der Waals surface area contributed by atoms with Crippen molar-refractivity contribution in [3.8, 4) is 5.82 Å². The third-order valence-electron chi connectivity index (χ3n) is 5.51. The number of hydrogen-bond donors (Lipinski definition) is 0. The first-order valence-electron chi connectivity index (χ1n) is 9.75. The number of para-hydroxylation sites is 2. The monoisotopic (exact) mass is 373 g/mol. The SMILES string of the molecule is CCc1nc(C2C[C@@H]2c2nc3ccccc3n2C)cc(-n2nc(C)nc2C)n1. The van der Waals surface area contributed by atoms with E-state index in [2.05, 4.69) is 57.9 Å². The maximum absolute atomic E-state index is 4.88. The number of nitrogens with zero attached hydrogens (tertiary/aromatic N) is 7. The van der Waals surface area contributed by atoms with Gasteiger partial charge in [0.05, 0.1) is 16.7 Å². The molecule has 3 heterocycles. The van der Waals surface area contributed by atoms with Crippen LogP contribution in [0.1, 0.15) is 54.2 Å². The summed E-state index contributed by atoms with van der Waals surface area (Å²) >= 11 is 0. The van der Waals surface area contributed by atoms with Crippen LogP contribution in [0.25, 0.3) is 16.9 Å². The van der Waals surface area contributed by atoms with Crippen molar-refractivity contribution in [2.75, 3.05) is 0 Å². The van der Waals surface area contributed by atoms with Crippen molar-refractivity contribution >= 4 is 11.0 Å². The van der Waals surface area contributed by atoms with Crippen LogP contribution in [0.2, 0.25) is 0 Å². The smallest absolute Gasteiger partial charge is 0.159 e. The van der Waals surface area contributed by atoms with Gasteiger partial charge >= 0.3 is 0 Å². The third-order valence-corrected chi connectivity index (χ3v) is 5.51. The molecule has 1 aliphatic rings. The normalized spacial score (nSPS) is 18.7. The van der Waals surface area contributed by atoms with Gasteiger partial charge in [-0.05, 0) is 32.4 Å². The summed E-state index contributed by atoms with van der Waals surface area (Å²) in [5.74, 6) is 5.13. The van der Waals surface area contributed by atoms with Gasteiger partial charge in [-0.1, -0.05) is 19.1 Å². The van der Waals surface area contributed by atoms with Gasteiger partial charge in [0, 0.05) is 31.4 Å². The Hall–Kier alpha value is -3.09. The van der Waals surface area contributed by atoms with E-state index in [0.717, 1.165) is 53.2 Å². The van der Waals surface area contributed by atoms with Gasteiger partial charge < -0.3 is 4.57 Å². The second kappa shape index (κ2) is 6.22. The Morgan fingerprint density at radius 3 is 2.57 bits per heavy atom. The minimum absolute atomic E-state index is 0.368. The van der Waals surface area contributed by atoms with Crippen molar-refractivity contribution < 1.29 is 0 Å². The molecular formula is C21H23N7. The topological polar surface area (TPSA) is 74.3 Å². The predicted octanol–water partition coefficient (Wildman–Crippen LogP) is 3.39. The molecule has 1 aromatic carbocycles. The van der Waals surface area contributed by atoms with Crippen LogP contribution in [0.3, 0.4) is 0 Å². The largest absolute Gasteiger partial charge is 0.331 e. The Morgan fingerprint density at radius 1 is 1.04 bits per heavy atom. The van der Waals surface area contributed by atoms with Crippen molar-refractivity contribution in [3.05, 3.63) is 59.3 Å². The zero-order chi connectivity index (χ0) is 19.4. The molecule has 0 radical (unpaired) electrons. The Bertz CT molecular complexity index is 1190. The Labute approximate surface area is 163 Å². The average Bonchev–Trinajstić information content (AvgIpc) is 3.33.